The SMILES string of the molecule is COc1cc(-c2nc3ccc(C)cn3c2Nc2ccccc2)cc(OC)c1O. The number of hydrogen-bond donors (Lipinski definition) is 2. The zero-order valence-corrected chi connectivity index (χ0v) is 15.9. The van der Waals surface area contributed by atoms with Gasteiger partial charge in [-0.25, -0.2) is 4.98 Å². The van der Waals surface area contributed by atoms with Crippen LogP contribution in [0.5, 0.6) is 17.2 Å². The molecule has 0 aliphatic heterocycles. The molecule has 0 saturated heterocycles. The van der Waals surface area contributed by atoms with Crippen molar-refractivity contribution >= 4 is 17.2 Å². The fraction of sp³-hybridized carbons (Fsp3) is 0.136. The molecule has 0 atom stereocenters. The zero-order chi connectivity index (χ0) is 19.7. The lowest BCUT2D eigenvalue weighted by Gasteiger charge is -2.12. The molecule has 28 heavy (non-hydrogen) atoms. The van der Waals surface area contributed by atoms with Crippen LogP contribution in [0.1, 0.15) is 5.56 Å². The number of methoxy groups -OCH3 is 2. The average molecular weight is 375 g/mol. The second-order valence-electron chi connectivity index (χ2n) is 6.46. The van der Waals surface area contributed by atoms with E-state index in [0.717, 1.165) is 34.0 Å². The molecule has 142 valence electrons. The van der Waals surface area contributed by atoms with Gasteiger partial charge in [0.15, 0.2) is 11.5 Å². The Kier molecular flexibility index (Phi) is 4.53. The van der Waals surface area contributed by atoms with Gasteiger partial charge in [0.1, 0.15) is 17.2 Å². The van der Waals surface area contributed by atoms with Gasteiger partial charge in [0.05, 0.1) is 14.2 Å². The van der Waals surface area contributed by atoms with Gasteiger partial charge in [-0.15, -0.1) is 0 Å². The normalized spacial score (nSPS) is 10.8. The number of imidazole rings is 1. The number of ether oxygens (including phenoxy) is 2. The first-order chi connectivity index (χ1) is 13.6. The largest absolute Gasteiger partial charge is 0.502 e. The van der Waals surface area contributed by atoms with Crippen molar-refractivity contribution in [2.75, 3.05) is 19.5 Å². The number of nitrogens with zero attached hydrogens (tertiary/aromatic N) is 2. The maximum Gasteiger partial charge on any atom is 0.200 e. The molecule has 6 nitrogen and oxygen atoms in total. The van der Waals surface area contributed by atoms with E-state index in [0.29, 0.717) is 11.5 Å². The number of phenols is 1. The molecule has 0 bridgehead atoms. The minimum atomic E-state index is -0.0362. The first-order valence-electron chi connectivity index (χ1n) is 8.87. The number of phenolic OH excluding ortho intramolecular Hbond substituents is 1. The van der Waals surface area contributed by atoms with Crippen molar-refractivity contribution in [3.8, 4) is 28.5 Å². The highest BCUT2D eigenvalue weighted by molar-refractivity contribution is 5.82. The number of aromatic nitrogens is 2. The average Bonchev–Trinajstić information content (AvgIpc) is 3.06. The summed E-state index contributed by atoms with van der Waals surface area (Å²) in [6, 6.07) is 17.4. The molecule has 2 N–H and O–H groups in total. The fourth-order valence-electron chi connectivity index (χ4n) is 3.16. The molecular weight excluding hydrogens is 354 g/mol. The van der Waals surface area contributed by atoms with E-state index in [1.165, 1.54) is 14.2 Å². The monoisotopic (exact) mass is 375 g/mol. The number of fused-ring (bicyclic) bond motifs is 1. The summed E-state index contributed by atoms with van der Waals surface area (Å²) in [6.07, 6.45) is 2.03. The highest BCUT2D eigenvalue weighted by atomic mass is 16.5. The first-order valence-corrected chi connectivity index (χ1v) is 8.87. The van der Waals surface area contributed by atoms with Crippen molar-refractivity contribution in [1.29, 1.82) is 0 Å². The quantitative estimate of drug-likeness (QED) is 0.526. The number of para-hydroxylation sites is 1. The van der Waals surface area contributed by atoms with Gasteiger partial charge in [0.25, 0.3) is 0 Å². The lowest BCUT2D eigenvalue weighted by molar-refractivity contribution is 0.340. The number of anilines is 2. The van der Waals surface area contributed by atoms with Crippen LogP contribution in [0, 0.1) is 6.92 Å². The molecule has 2 aromatic heterocycles. The van der Waals surface area contributed by atoms with Crippen molar-refractivity contribution in [3.05, 3.63) is 66.4 Å². The lowest BCUT2D eigenvalue weighted by atomic mass is 10.1. The molecule has 0 unspecified atom stereocenters. The molecule has 0 fully saturated rings. The van der Waals surface area contributed by atoms with E-state index in [4.69, 9.17) is 14.5 Å². The summed E-state index contributed by atoms with van der Waals surface area (Å²) in [5.74, 6) is 1.44. The maximum absolute atomic E-state index is 10.2. The summed E-state index contributed by atoms with van der Waals surface area (Å²) in [5.41, 5.74) is 4.38. The predicted octanol–water partition coefficient (Wildman–Crippen LogP) is 4.78. The minimum Gasteiger partial charge on any atom is -0.502 e. The van der Waals surface area contributed by atoms with Gasteiger partial charge in [0.2, 0.25) is 5.75 Å². The van der Waals surface area contributed by atoms with Crippen molar-refractivity contribution in [3.63, 3.8) is 0 Å². The van der Waals surface area contributed by atoms with Gasteiger partial charge in [-0.1, -0.05) is 24.3 Å². The zero-order valence-electron chi connectivity index (χ0n) is 15.9. The van der Waals surface area contributed by atoms with Gasteiger partial charge in [-0.2, -0.15) is 0 Å². The van der Waals surface area contributed by atoms with E-state index < -0.39 is 0 Å². The van der Waals surface area contributed by atoms with E-state index in [9.17, 15) is 5.11 Å². The molecule has 0 aliphatic rings. The number of nitrogens with one attached hydrogen (secondary N) is 1. The van der Waals surface area contributed by atoms with Crippen LogP contribution in [0.2, 0.25) is 0 Å². The predicted molar refractivity (Wildman–Crippen MR) is 110 cm³/mol. The number of pyridine rings is 1. The lowest BCUT2D eigenvalue weighted by Crippen LogP contribution is -1.98. The van der Waals surface area contributed by atoms with E-state index >= 15 is 0 Å². The van der Waals surface area contributed by atoms with Crippen LogP contribution in [0.15, 0.2) is 60.8 Å². The highest BCUT2D eigenvalue weighted by Crippen LogP contribution is 2.42. The number of rotatable bonds is 5. The third-order valence-electron chi connectivity index (χ3n) is 4.56. The van der Waals surface area contributed by atoms with Crippen LogP contribution in [-0.4, -0.2) is 28.7 Å². The molecule has 0 amide bonds. The summed E-state index contributed by atoms with van der Waals surface area (Å²) < 4.78 is 12.6. The van der Waals surface area contributed by atoms with Crippen molar-refractivity contribution in [2.24, 2.45) is 0 Å². The molecular formula is C22H21N3O3. The van der Waals surface area contributed by atoms with Gasteiger partial charge in [-0.3, -0.25) is 4.40 Å². The molecule has 2 aromatic carbocycles. The minimum absolute atomic E-state index is 0.0362. The first kappa shape index (κ1) is 17.7. The Balaban J connectivity index is 1.95. The topological polar surface area (TPSA) is 68.0 Å². The summed E-state index contributed by atoms with van der Waals surface area (Å²) in [6.45, 7) is 2.04. The van der Waals surface area contributed by atoms with Gasteiger partial charge < -0.3 is 19.9 Å². The summed E-state index contributed by atoms with van der Waals surface area (Å²) in [5, 5.41) is 13.7. The van der Waals surface area contributed by atoms with Crippen molar-refractivity contribution < 1.29 is 14.6 Å². The molecule has 2 heterocycles. The van der Waals surface area contributed by atoms with Crippen LogP contribution >= 0.6 is 0 Å². The molecule has 0 saturated carbocycles. The molecule has 0 spiro atoms. The van der Waals surface area contributed by atoms with E-state index in [-0.39, 0.29) is 5.75 Å². The Bertz CT molecular complexity index is 1110. The van der Waals surface area contributed by atoms with E-state index in [1.54, 1.807) is 12.1 Å². The van der Waals surface area contributed by atoms with Crippen LogP contribution in [0.3, 0.4) is 0 Å². The maximum atomic E-state index is 10.2. The second kappa shape index (κ2) is 7.15. The molecule has 6 heteroatoms. The number of aryl methyl sites for hydroxylation is 1. The van der Waals surface area contributed by atoms with Gasteiger partial charge in [0, 0.05) is 17.4 Å². The Morgan fingerprint density at radius 2 is 1.64 bits per heavy atom. The number of benzene rings is 2. The summed E-state index contributed by atoms with van der Waals surface area (Å²) in [7, 11) is 3.02. The number of hydrogen-bond acceptors (Lipinski definition) is 5. The van der Waals surface area contributed by atoms with Gasteiger partial charge >= 0.3 is 0 Å². The van der Waals surface area contributed by atoms with Crippen LogP contribution < -0.4 is 14.8 Å². The molecule has 0 radical (unpaired) electrons. The molecule has 4 rings (SSSR count). The highest BCUT2D eigenvalue weighted by Gasteiger charge is 2.19. The van der Waals surface area contributed by atoms with Crippen LogP contribution in [0.25, 0.3) is 16.9 Å². The smallest absolute Gasteiger partial charge is 0.200 e. The van der Waals surface area contributed by atoms with Crippen LogP contribution in [0.4, 0.5) is 11.5 Å². The van der Waals surface area contributed by atoms with Gasteiger partial charge in [-0.05, 0) is 42.8 Å². The van der Waals surface area contributed by atoms with E-state index in [2.05, 4.69) is 5.32 Å². The Labute approximate surface area is 163 Å². The Hall–Kier alpha value is -3.67. The third-order valence-corrected chi connectivity index (χ3v) is 4.56. The molecule has 4 aromatic rings. The summed E-state index contributed by atoms with van der Waals surface area (Å²) in [4.78, 5) is 4.81. The van der Waals surface area contributed by atoms with Crippen molar-refractivity contribution in [1.82, 2.24) is 9.38 Å². The van der Waals surface area contributed by atoms with Crippen molar-refractivity contribution in [2.45, 2.75) is 6.92 Å². The number of aromatic hydroxyl groups is 1. The second-order valence-corrected chi connectivity index (χ2v) is 6.46. The summed E-state index contributed by atoms with van der Waals surface area (Å²) >= 11 is 0. The third kappa shape index (κ3) is 3.09. The van der Waals surface area contributed by atoms with E-state index in [1.807, 2.05) is 60.0 Å². The standard InChI is InChI=1S/C22H21N3O3/c1-14-9-10-19-24-20(15-11-17(27-2)21(26)18(12-15)28-3)22(25(19)13-14)23-16-7-5-4-6-8-16/h4-13,23,26H,1-3H3. The Morgan fingerprint density at radius 1 is 0.964 bits per heavy atom. The molecule has 0 aliphatic carbocycles. The van der Waals surface area contributed by atoms with Crippen LogP contribution in [-0.2, 0) is 0 Å². The fourth-order valence-corrected chi connectivity index (χ4v) is 3.16. The Morgan fingerprint density at radius 3 is 2.29 bits per heavy atom.